The van der Waals surface area contributed by atoms with Gasteiger partial charge in [-0.25, -0.2) is 0 Å². The molecule has 70 valence electrons. The van der Waals surface area contributed by atoms with Crippen molar-refractivity contribution in [1.29, 1.82) is 0 Å². The minimum absolute atomic E-state index is 0.250. The van der Waals surface area contributed by atoms with Gasteiger partial charge in [0.2, 0.25) is 5.91 Å². The van der Waals surface area contributed by atoms with Crippen molar-refractivity contribution in [3.8, 4) is 0 Å². The van der Waals surface area contributed by atoms with Gasteiger partial charge in [0.05, 0.1) is 6.54 Å². The number of alkyl halides is 2. The predicted molar refractivity (Wildman–Crippen MR) is 39.5 cm³/mol. The summed E-state index contributed by atoms with van der Waals surface area (Å²) in [4.78, 5) is 11.6. The van der Waals surface area contributed by atoms with Crippen LogP contribution in [0.4, 0.5) is 8.78 Å². The van der Waals surface area contributed by atoms with E-state index in [1.165, 1.54) is 0 Å². The second-order valence-corrected chi connectivity index (χ2v) is 3.02. The van der Waals surface area contributed by atoms with E-state index in [9.17, 15) is 13.6 Å². The maximum atomic E-state index is 12.9. The van der Waals surface area contributed by atoms with Gasteiger partial charge in [-0.05, 0) is 13.3 Å². The monoisotopic (exact) mass is 178 g/mol. The van der Waals surface area contributed by atoms with Crippen molar-refractivity contribution < 1.29 is 13.6 Å². The number of nitrogens with two attached hydrogens (primary N) is 1. The Balaban J connectivity index is 2.78. The molecule has 1 heterocycles. The first-order valence-electron chi connectivity index (χ1n) is 3.89. The van der Waals surface area contributed by atoms with Gasteiger partial charge in [-0.1, -0.05) is 0 Å². The van der Waals surface area contributed by atoms with E-state index >= 15 is 0 Å². The van der Waals surface area contributed by atoms with E-state index in [1.807, 2.05) is 0 Å². The molecule has 1 rings (SSSR count). The van der Waals surface area contributed by atoms with Gasteiger partial charge in [0.1, 0.15) is 0 Å². The van der Waals surface area contributed by atoms with Crippen LogP contribution in [0.15, 0.2) is 0 Å². The topological polar surface area (TPSA) is 46.3 Å². The number of nitrogens with zero attached hydrogens (tertiary/aromatic N) is 1. The van der Waals surface area contributed by atoms with Crippen molar-refractivity contribution in [3.63, 3.8) is 0 Å². The van der Waals surface area contributed by atoms with E-state index in [0.29, 0.717) is 11.3 Å². The lowest BCUT2D eigenvalue weighted by molar-refractivity contribution is -0.165. The minimum atomic E-state index is -2.99. The van der Waals surface area contributed by atoms with Gasteiger partial charge in [-0.15, -0.1) is 0 Å². The molecule has 0 aromatic carbocycles. The molecule has 1 aliphatic heterocycles. The maximum absolute atomic E-state index is 12.9. The lowest BCUT2D eigenvalue weighted by Crippen LogP contribution is -2.47. The molecule has 0 aromatic heterocycles. The van der Waals surface area contributed by atoms with Crippen molar-refractivity contribution >= 4 is 5.91 Å². The molecule has 0 saturated carbocycles. The van der Waals surface area contributed by atoms with E-state index in [1.54, 1.807) is 6.92 Å². The third kappa shape index (κ3) is 1.41. The van der Waals surface area contributed by atoms with Crippen LogP contribution >= 0.6 is 0 Å². The Hall–Kier alpha value is -0.710. The smallest absolute Gasteiger partial charge is 0.322 e. The molecule has 12 heavy (non-hydrogen) atoms. The van der Waals surface area contributed by atoms with E-state index in [-0.39, 0.29) is 13.0 Å². The Kier molecular flexibility index (Phi) is 2.32. The molecule has 5 heteroatoms. The molecular formula is C7H12F2N2O. The quantitative estimate of drug-likeness (QED) is 0.596. The predicted octanol–water partition coefficient (Wildman–Crippen LogP) is 0.549. The average molecular weight is 178 g/mol. The van der Waals surface area contributed by atoms with Crippen molar-refractivity contribution in [3.05, 3.63) is 0 Å². The molecule has 1 aliphatic rings. The first kappa shape index (κ1) is 9.38. The molecule has 1 fully saturated rings. The number of likely N-dealkylation sites (tertiary alicyclic amines) is 1. The van der Waals surface area contributed by atoms with Crippen LogP contribution in [0.5, 0.6) is 0 Å². The van der Waals surface area contributed by atoms with Crippen LogP contribution < -0.4 is 5.73 Å². The Bertz CT molecular complexity index is 196. The Morgan fingerprint density at radius 1 is 1.75 bits per heavy atom. The summed E-state index contributed by atoms with van der Waals surface area (Å²) in [5, 5.41) is 0. The zero-order valence-corrected chi connectivity index (χ0v) is 6.89. The molecule has 1 unspecified atom stereocenters. The SMILES string of the molecule is CC1CCC(F)(F)N1C(=O)CN. The molecule has 2 N–H and O–H groups in total. The zero-order chi connectivity index (χ0) is 9.35. The van der Waals surface area contributed by atoms with E-state index < -0.39 is 18.0 Å². The summed E-state index contributed by atoms with van der Waals surface area (Å²) in [5.74, 6) is -0.676. The Morgan fingerprint density at radius 3 is 2.67 bits per heavy atom. The molecular weight excluding hydrogens is 166 g/mol. The van der Waals surface area contributed by atoms with Crippen LogP contribution in [0.25, 0.3) is 0 Å². The van der Waals surface area contributed by atoms with Crippen LogP contribution in [-0.4, -0.2) is 29.4 Å². The Labute approximate surface area is 69.5 Å². The third-order valence-corrected chi connectivity index (χ3v) is 2.10. The summed E-state index contributed by atoms with van der Waals surface area (Å²) in [6.45, 7) is 1.26. The van der Waals surface area contributed by atoms with E-state index in [4.69, 9.17) is 5.73 Å². The summed E-state index contributed by atoms with van der Waals surface area (Å²) in [6.07, 6.45) is 0.0959. The molecule has 0 aromatic rings. The van der Waals surface area contributed by atoms with E-state index in [2.05, 4.69) is 0 Å². The molecule has 0 radical (unpaired) electrons. The molecule has 0 spiro atoms. The standard InChI is InChI=1S/C7H12F2N2O/c1-5-2-3-7(8,9)11(5)6(12)4-10/h5H,2-4,10H2,1H3. The average Bonchev–Trinajstić information content (AvgIpc) is 2.25. The van der Waals surface area contributed by atoms with Gasteiger partial charge in [0, 0.05) is 12.5 Å². The van der Waals surface area contributed by atoms with Crippen LogP contribution in [0.1, 0.15) is 19.8 Å². The number of halogens is 2. The van der Waals surface area contributed by atoms with Gasteiger partial charge in [0.25, 0.3) is 0 Å². The lowest BCUT2D eigenvalue weighted by Gasteiger charge is -2.27. The normalized spacial score (nSPS) is 27.7. The highest BCUT2D eigenvalue weighted by molar-refractivity contribution is 5.79. The first-order valence-corrected chi connectivity index (χ1v) is 3.89. The molecule has 1 amide bonds. The molecule has 1 atom stereocenters. The number of amides is 1. The summed E-state index contributed by atoms with van der Waals surface area (Å²) in [5.41, 5.74) is 5.01. The van der Waals surface area contributed by atoms with E-state index in [0.717, 1.165) is 0 Å². The Morgan fingerprint density at radius 2 is 2.33 bits per heavy atom. The number of carbonyl (C=O) groups is 1. The van der Waals surface area contributed by atoms with Crippen molar-refractivity contribution in [2.45, 2.75) is 31.9 Å². The van der Waals surface area contributed by atoms with Gasteiger partial charge >= 0.3 is 6.05 Å². The summed E-state index contributed by atoms with van der Waals surface area (Å²) in [6, 6.07) is -3.38. The van der Waals surface area contributed by atoms with Crippen molar-refractivity contribution in [1.82, 2.24) is 4.90 Å². The minimum Gasteiger partial charge on any atom is -0.322 e. The number of hydrogen-bond donors (Lipinski definition) is 1. The number of rotatable bonds is 1. The summed E-state index contributed by atoms with van der Waals surface area (Å²) < 4.78 is 25.9. The highest BCUT2D eigenvalue weighted by Crippen LogP contribution is 2.36. The maximum Gasteiger partial charge on any atom is 0.328 e. The highest BCUT2D eigenvalue weighted by atomic mass is 19.3. The van der Waals surface area contributed by atoms with Gasteiger partial charge in [-0.2, -0.15) is 8.78 Å². The van der Waals surface area contributed by atoms with Crippen LogP contribution in [0.2, 0.25) is 0 Å². The van der Waals surface area contributed by atoms with Crippen LogP contribution in [0.3, 0.4) is 0 Å². The fraction of sp³-hybridized carbons (Fsp3) is 0.857. The van der Waals surface area contributed by atoms with Crippen LogP contribution in [0, 0.1) is 0 Å². The third-order valence-electron chi connectivity index (χ3n) is 2.10. The summed E-state index contributed by atoms with van der Waals surface area (Å²) >= 11 is 0. The fourth-order valence-corrected chi connectivity index (χ4v) is 1.48. The van der Waals surface area contributed by atoms with Gasteiger partial charge in [-0.3, -0.25) is 9.69 Å². The molecule has 1 saturated heterocycles. The second-order valence-electron chi connectivity index (χ2n) is 3.02. The molecule has 0 aliphatic carbocycles. The molecule has 0 bridgehead atoms. The highest BCUT2D eigenvalue weighted by Gasteiger charge is 2.47. The fourth-order valence-electron chi connectivity index (χ4n) is 1.48. The van der Waals surface area contributed by atoms with Crippen molar-refractivity contribution in [2.75, 3.05) is 6.54 Å². The van der Waals surface area contributed by atoms with Crippen molar-refractivity contribution in [2.24, 2.45) is 5.73 Å². The zero-order valence-electron chi connectivity index (χ0n) is 6.89. The van der Waals surface area contributed by atoms with Gasteiger partial charge < -0.3 is 5.73 Å². The largest absolute Gasteiger partial charge is 0.328 e. The van der Waals surface area contributed by atoms with Crippen LogP contribution in [-0.2, 0) is 4.79 Å². The number of hydrogen-bond acceptors (Lipinski definition) is 2. The lowest BCUT2D eigenvalue weighted by atomic mass is 10.2. The van der Waals surface area contributed by atoms with Gasteiger partial charge in [0.15, 0.2) is 0 Å². The second kappa shape index (κ2) is 2.97. The first-order chi connectivity index (χ1) is 5.49. The molecule has 3 nitrogen and oxygen atoms in total. The summed E-state index contributed by atoms with van der Waals surface area (Å²) in [7, 11) is 0. The number of carbonyl (C=O) groups excluding carboxylic acids is 1.